The second-order valence-electron chi connectivity index (χ2n) is 7.48. The molecular formula is C23H27ClN2O3. The number of aryl methyl sites for hydroxylation is 2. The van der Waals surface area contributed by atoms with Crippen LogP contribution in [0, 0.1) is 20.8 Å². The van der Waals surface area contributed by atoms with Crippen molar-refractivity contribution in [2.24, 2.45) is 0 Å². The third-order valence-corrected chi connectivity index (χ3v) is 5.66. The number of benzene rings is 2. The van der Waals surface area contributed by atoms with Crippen LogP contribution < -0.4 is 4.74 Å². The lowest BCUT2D eigenvalue weighted by atomic mass is 10.1. The summed E-state index contributed by atoms with van der Waals surface area (Å²) in [7, 11) is 0. The van der Waals surface area contributed by atoms with Gasteiger partial charge in [-0.1, -0.05) is 29.8 Å². The molecule has 2 amide bonds. The van der Waals surface area contributed by atoms with E-state index >= 15 is 0 Å². The number of ether oxygens (including phenoxy) is 1. The molecule has 29 heavy (non-hydrogen) atoms. The predicted octanol–water partition coefficient (Wildman–Crippen LogP) is 4.02. The molecule has 0 spiro atoms. The number of hydrogen-bond donors (Lipinski definition) is 0. The number of carbonyl (C=O) groups is 2. The molecule has 0 N–H and O–H groups in total. The Labute approximate surface area is 177 Å². The van der Waals surface area contributed by atoms with Crippen molar-refractivity contribution in [2.45, 2.75) is 27.2 Å². The Hall–Kier alpha value is -2.53. The van der Waals surface area contributed by atoms with Crippen LogP contribution in [0.5, 0.6) is 5.75 Å². The van der Waals surface area contributed by atoms with Gasteiger partial charge in [0.1, 0.15) is 5.75 Å². The van der Waals surface area contributed by atoms with E-state index in [2.05, 4.69) is 6.07 Å². The van der Waals surface area contributed by atoms with Gasteiger partial charge in [0, 0.05) is 36.8 Å². The Kier molecular flexibility index (Phi) is 6.80. The second-order valence-corrected chi connectivity index (χ2v) is 7.92. The molecule has 0 unspecified atom stereocenters. The summed E-state index contributed by atoms with van der Waals surface area (Å²) >= 11 is 6.00. The third-order valence-electron chi connectivity index (χ3n) is 5.42. The Bertz CT molecular complexity index is 913. The van der Waals surface area contributed by atoms with E-state index in [9.17, 15) is 9.59 Å². The molecular weight excluding hydrogens is 388 g/mol. The first-order chi connectivity index (χ1) is 13.9. The predicted molar refractivity (Wildman–Crippen MR) is 115 cm³/mol. The second kappa shape index (κ2) is 9.31. The third kappa shape index (κ3) is 5.10. The molecule has 6 heteroatoms. The van der Waals surface area contributed by atoms with E-state index in [-0.39, 0.29) is 18.4 Å². The molecule has 5 nitrogen and oxygen atoms in total. The molecule has 1 aliphatic heterocycles. The minimum absolute atomic E-state index is 0.00731. The van der Waals surface area contributed by atoms with Gasteiger partial charge in [0.05, 0.1) is 0 Å². The van der Waals surface area contributed by atoms with E-state index in [4.69, 9.17) is 16.3 Å². The Morgan fingerprint density at radius 1 is 0.966 bits per heavy atom. The van der Waals surface area contributed by atoms with Gasteiger partial charge in [0.25, 0.3) is 11.8 Å². The van der Waals surface area contributed by atoms with Crippen molar-refractivity contribution < 1.29 is 14.3 Å². The van der Waals surface area contributed by atoms with Crippen molar-refractivity contribution in [3.05, 3.63) is 63.7 Å². The van der Waals surface area contributed by atoms with Gasteiger partial charge in [-0.2, -0.15) is 0 Å². The highest BCUT2D eigenvalue weighted by atomic mass is 35.5. The monoisotopic (exact) mass is 414 g/mol. The van der Waals surface area contributed by atoms with Gasteiger partial charge in [-0.3, -0.25) is 9.59 Å². The smallest absolute Gasteiger partial charge is 0.260 e. The molecule has 1 aliphatic rings. The summed E-state index contributed by atoms with van der Waals surface area (Å²) in [5, 5.41) is 0.543. The lowest BCUT2D eigenvalue weighted by molar-refractivity contribution is -0.133. The highest BCUT2D eigenvalue weighted by molar-refractivity contribution is 6.30. The summed E-state index contributed by atoms with van der Waals surface area (Å²) in [6.07, 6.45) is 0.737. The molecule has 0 saturated carbocycles. The zero-order valence-corrected chi connectivity index (χ0v) is 18.0. The number of hydrogen-bond acceptors (Lipinski definition) is 3. The van der Waals surface area contributed by atoms with Crippen LogP contribution in [-0.2, 0) is 4.79 Å². The summed E-state index contributed by atoms with van der Waals surface area (Å²) < 4.78 is 5.87. The molecule has 1 heterocycles. The molecule has 154 valence electrons. The highest BCUT2D eigenvalue weighted by Gasteiger charge is 2.23. The first-order valence-corrected chi connectivity index (χ1v) is 10.3. The van der Waals surface area contributed by atoms with Gasteiger partial charge in [-0.05, 0) is 62.1 Å². The summed E-state index contributed by atoms with van der Waals surface area (Å²) in [5.41, 5.74) is 3.80. The molecule has 2 aromatic rings. The summed E-state index contributed by atoms with van der Waals surface area (Å²) in [5.74, 6) is 0.678. The first kappa shape index (κ1) is 21.2. The average Bonchev–Trinajstić information content (AvgIpc) is 2.96. The van der Waals surface area contributed by atoms with E-state index in [1.54, 1.807) is 34.1 Å². The van der Waals surface area contributed by atoms with E-state index in [1.807, 2.05) is 26.8 Å². The van der Waals surface area contributed by atoms with E-state index in [1.165, 1.54) is 0 Å². The molecule has 3 rings (SSSR count). The Morgan fingerprint density at radius 3 is 2.41 bits per heavy atom. The fraction of sp³-hybridized carbons (Fsp3) is 0.391. The van der Waals surface area contributed by atoms with Crippen LogP contribution in [0.3, 0.4) is 0 Å². The largest absolute Gasteiger partial charge is 0.483 e. The van der Waals surface area contributed by atoms with Gasteiger partial charge in [-0.25, -0.2) is 0 Å². The van der Waals surface area contributed by atoms with Crippen LogP contribution in [0.25, 0.3) is 0 Å². The summed E-state index contributed by atoms with van der Waals surface area (Å²) in [6.45, 7) is 8.27. The zero-order chi connectivity index (χ0) is 21.0. The number of nitrogens with zero attached hydrogens (tertiary/aromatic N) is 2. The molecule has 0 aromatic heterocycles. The Morgan fingerprint density at radius 2 is 1.66 bits per heavy atom. The van der Waals surface area contributed by atoms with Crippen LogP contribution in [-0.4, -0.2) is 54.4 Å². The van der Waals surface area contributed by atoms with Crippen LogP contribution in [0.4, 0.5) is 0 Å². The standard InChI is InChI=1S/C23H27ClN2O3/c1-16-8-9-17(2)22(18(16)3)29-15-21(27)25-10-5-11-26(13-12-25)23(28)19-6-4-7-20(24)14-19/h4,6-9,14H,5,10-13,15H2,1-3H3. The molecule has 0 bridgehead atoms. The molecule has 2 aromatic carbocycles. The van der Waals surface area contributed by atoms with Gasteiger partial charge < -0.3 is 14.5 Å². The van der Waals surface area contributed by atoms with Crippen molar-refractivity contribution in [1.29, 1.82) is 0 Å². The fourth-order valence-electron chi connectivity index (χ4n) is 3.55. The Balaban J connectivity index is 1.58. The maximum atomic E-state index is 12.7. The minimum Gasteiger partial charge on any atom is -0.483 e. The van der Waals surface area contributed by atoms with Crippen molar-refractivity contribution in [3.63, 3.8) is 0 Å². The quantitative estimate of drug-likeness (QED) is 0.759. The van der Waals surface area contributed by atoms with Crippen LogP contribution in [0.2, 0.25) is 5.02 Å². The van der Waals surface area contributed by atoms with Gasteiger partial charge in [0.15, 0.2) is 6.61 Å². The molecule has 0 aliphatic carbocycles. The lowest BCUT2D eigenvalue weighted by Gasteiger charge is -2.23. The van der Waals surface area contributed by atoms with E-state index < -0.39 is 0 Å². The van der Waals surface area contributed by atoms with Crippen molar-refractivity contribution >= 4 is 23.4 Å². The highest BCUT2D eigenvalue weighted by Crippen LogP contribution is 2.25. The maximum Gasteiger partial charge on any atom is 0.260 e. The van der Waals surface area contributed by atoms with Crippen molar-refractivity contribution in [3.8, 4) is 5.75 Å². The number of carbonyl (C=O) groups excluding carboxylic acids is 2. The number of rotatable bonds is 4. The molecule has 0 radical (unpaired) electrons. The van der Waals surface area contributed by atoms with Crippen molar-refractivity contribution in [2.75, 3.05) is 32.8 Å². The van der Waals surface area contributed by atoms with E-state index in [0.29, 0.717) is 36.8 Å². The first-order valence-electron chi connectivity index (χ1n) is 9.89. The van der Waals surface area contributed by atoms with Gasteiger partial charge in [-0.15, -0.1) is 0 Å². The van der Waals surface area contributed by atoms with Gasteiger partial charge in [0.2, 0.25) is 0 Å². The van der Waals surface area contributed by atoms with Crippen LogP contribution >= 0.6 is 11.6 Å². The lowest BCUT2D eigenvalue weighted by Crippen LogP contribution is -2.39. The molecule has 1 fully saturated rings. The topological polar surface area (TPSA) is 49.9 Å². The zero-order valence-electron chi connectivity index (χ0n) is 17.2. The summed E-state index contributed by atoms with van der Waals surface area (Å²) in [6, 6.07) is 11.0. The van der Waals surface area contributed by atoms with E-state index in [0.717, 1.165) is 28.9 Å². The SMILES string of the molecule is Cc1ccc(C)c(OCC(=O)N2CCCN(C(=O)c3cccc(Cl)c3)CC2)c1C. The number of halogens is 1. The van der Waals surface area contributed by atoms with Crippen molar-refractivity contribution in [1.82, 2.24) is 9.80 Å². The van der Waals surface area contributed by atoms with Gasteiger partial charge >= 0.3 is 0 Å². The molecule has 0 atom stereocenters. The van der Waals surface area contributed by atoms with Crippen LogP contribution in [0.1, 0.15) is 33.5 Å². The molecule has 1 saturated heterocycles. The normalized spacial score (nSPS) is 14.5. The fourth-order valence-corrected chi connectivity index (χ4v) is 3.74. The average molecular weight is 415 g/mol. The summed E-state index contributed by atoms with van der Waals surface area (Å²) in [4.78, 5) is 29.0. The maximum absolute atomic E-state index is 12.7. The minimum atomic E-state index is -0.0534. The van der Waals surface area contributed by atoms with Crippen LogP contribution in [0.15, 0.2) is 36.4 Å². The number of amides is 2.